The lowest BCUT2D eigenvalue weighted by Gasteiger charge is -2.35. The topological polar surface area (TPSA) is 95.0 Å². The van der Waals surface area contributed by atoms with Gasteiger partial charge in [-0.1, -0.05) is 29.8 Å². The molecule has 0 bridgehead atoms. The van der Waals surface area contributed by atoms with Crippen molar-refractivity contribution in [3.63, 3.8) is 0 Å². The molecule has 3 heterocycles. The summed E-state index contributed by atoms with van der Waals surface area (Å²) in [6.07, 6.45) is 0. The first-order chi connectivity index (χ1) is 21.2. The third-order valence-corrected chi connectivity index (χ3v) is 8.72. The highest BCUT2D eigenvalue weighted by Gasteiger charge is 2.30. The molecule has 3 aromatic rings. The van der Waals surface area contributed by atoms with Crippen molar-refractivity contribution in [3.05, 3.63) is 70.0 Å². The fourth-order valence-electron chi connectivity index (χ4n) is 5.96. The summed E-state index contributed by atoms with van der Waals surface area (Å²) in [5, 5.41) is 10.1. The summed E-state index contributed by atoms with van der Waals surface area (Å²) < 4.78 is 32.7. The first kappa shape index (κ1) is 30.0. The summed E-state index contributed by atoms with van der Waals surface area (Å²) >= 11 is 6.68. The van der Waals surface area contributed by atoms with Gasteiger partial charge >= 0.3 is 5.97 Å². The molecule has 3 aliphatic heterocycles. The number of fused-ring (bicyclic) bond motifs is 1. The average Bonchev–Trinajstić information content (AvgIpc) is 3.04. The molecule has 10 nitrogen and oxygen atoms in total. The predicted molar refractivity (Wildman–Crippen MR) is 165 cm³/mol. The summed E-state index contributed by atoms with van der Waals surface area (Å²) in [5.74, 6) is -1.18. The van der Waals surface area contributed by atoms with Crippen molar-refractivity contribution < 1.29 is 33.3 Å². The van der Waals surface area contributed by atoms with E-state index in [9.17, 15) is 14.7 Å². The summed E-state index contributed by atoms with van der Waals surface area (Å²) in [6, 6.07) is 11.4. The van der Waals surface area contributed by atoms with Crippen molar-refractivity contribution in [2.75, 3.05) is 83.2 Å². The quantitative estimate of drug-likeness (QED) is 0.427. The first-order valence-corrected chi connectivity index (χ1v) is 14.9. The molecule has 44 heavy (non-hydrogen) atoms. The van der Waals surface area contributed by atoms with Gasteiger partial charge in [0.1, 0.15) is 17.3 Å². The van der Waals surface area contributed by atoms with Gasteiger partial charge in [-0.2, -0.15) is 0 Å². The number of aromatic carboxylic acids is 1. The van der Waals surface area contributed by atoms with Crippen LogP contribution in [0, 0.1) is 5.82 Å². The standard InChI is InChI=1S/C32H34ClFN4O6/c1-35-6-8-36(9-7-35)28-17-25(33)23(16-29(28)42-2)31(39)38-18-20-4-3-5-21(30(20)44-19-38)22-15-27(37-10-12-43-13-11-37)24(32(40)41)14-26(22)34/h3-5,14-17H,6-13,18-19H2,1-2H3,(H,40,41). The second kappa shape index (κ2) is 12.5. The fourth-order valence-corrected chi connectivity index (χ4v) is 6.20. The van der Waals surface area contributed by atoms with Crippen LogP contribution in [0.2, 0.25) is 5.02 Å². The molecule has 0 radical (unpaired) electrons. The van der Waals surface area contributed by atoms with Gasteiger partial charge in [0.25, 0.3) is 5.91 Å². The number of hydrogen-bond acceptors (Lipinski definition) is 8. The lowest BCUT2D eigenvalue weighted by Crippen LogP contribution is -2.44. The third-order valence-electron chi connectivity index (χ3n) is 8.41. The number of amides is 1. The molecule has 1 amide bonds. The van der Waals surface area contributed by atoms with Gasteiger partial charge in [0.05, 0.1) is 54.4 Å². The number of likely N-dealkylation sites (N-methyl/N-ethyl adjacent to an activating group) is 1. The Bertz CT molecular complexity index is 1590. The van der Waals surface area contributed by atoms with Crippen molar-refractivity contribution in [2.24, 2.45) is 0 Å². The summed E-state index contributed by atoms with van der Waals surface area (Å²) in [5.41, 5.74) is 2.85. The van der Waals surface area contributed by atoms with Crippen LogP contribution in [0.4, 0.5) is 15.8 Å². The maximum atomic E-state index is 15.5. The normalized spacial score (nSPS) is 17.2. The number of carbonyl (C=O) groups excluding carboxylic acids is 1. The van der Waals surface area contributed by atoms with Crippen LogP contribution in [-0.2, 0) is 11.3 Å². The van der Waals surface area contributed by atoms with Gasteiger partial charge in [0, 0.05) is 56.0 Å². The smallest absolute Gasteiger partial charge is 0.337 e. The summed E-state index contributed by atoms with van der Waals surface area (Å²) in [6.45, 7) is 5.50. The zero-order valence-electron chi connectivity index (χ0n) is 24.6. The van der Waals surface area contributed by atoms with Gasteiger partial charge in [0.15, 0.2) is 6.73 Å². The molecule has 0 unspecified atom stereocenters. The molecule has 0 aliphatic carbocycles. The van der Waals surface area contributed by atoms with Crippen LogP contribution in [0.15, 0.2) is 42.5 Å². The molecular formula is C32H34ClFN4O6. The van der Waals surface area contributed by atoms with Gasteiger partial charge in [-0.25, -0.2) is 9.18 Å². The van der Waals surface area contributed by atoms with Crippen LogP contribution in [0.3, 0.4) is 0 Å². The minimum atomic E-state index is -1.20. The highest BCUT2D eigenvalue weighted by molar-refractivity contribution is 6.34. The highest BCUT2D eigenvalue weighted by Crippen LogP contribution is 2.41. The maximum absolute atomic E-state index is 15.5. The first-order valence-electron chi connectivity index (χ1n) is 14.5. The van der Waals surface area contributed by atoms with E-state index in [2.05, 4.69) is 16.8 Å². The molecule has 1 N–H and O–H groups in total. The summed E-state index contributed by atoms with van der Waals surface area (Å²) in [4.78, 5) is 33.6. The van der Waals surface area contributed by atoms with Crippen molar-refractivity contribution in [1.29, 1.82) is 0 Å². The molecule has 3 aliphatic rings. The number of ether oxygens (including phenoxy) is 3. The third kappa shape index (κ3) is 5.74. The lowest BCUT2D eigenvalue weighted by molar-refractivity contribution is 0.0515. The second-order valence-electron chi connectivity index (χ2n) is 11.1. The molecule has 3 aromatic carbocycles. The van der Waals surface area contributed by atoms with E-state index in [1.165, 1.54) is 4.90 Å². The largest absolute Gasteiger partial charge is 0.495 e. The number of rotatable bonds is 6. The van der Waals surface area contributed by atoms with Crippen LogP contribution < -0.4 is 19.3 Å². The lowest BCUT2D eigenvalue weighted by atomic mass is 9.97. The van der Waals surface area contributed by atoms with E-state index in [0.29, 0.717) is 65.2 Å². The Morgan fingerprint density at radius 1 is 0.932 bits per heavy atom. The number of carboxylic acid groups (broad SMARTS) is 1. The highest BCUT2D eigenvalue weighted by atomic mass is 35.5. The molecule has 0 aromatic heterocycles. The average molecular weight is 625 g/mol. The second-order valence-corrected chi connectivity index (χ2v) is 11.5. The number of para-hydroxylation sites is 1. The number of anilines is 2. The molecule has 2 saturated heterocycles. The number of morpholine rings is 1. The Kier molecular flexibility index (Phi) is 8.53. The van der Waals surface area contributed by atoms with E-state index in [-0.39, 0.29) is 30.3 Å². The maximum Gasteiger partial charge on any atom is 0.337 e. The van der Waals surface area contributed by atoms with Crippen LogP contribution >= 0.6 is 11.6 Å². The van der Waals surface area contributed by atoms with Crippen molar-refractivity contribution in [1.82, 2.24) is 9.80 Å². The van der Waals surface area contributed by atoms with Crippen LogP contribution in [0.25, 0.3) is 11.1 Å². The monoisotopic (exact) mass is 624 g/mol. The van der Waals surface area contributed by atoms with E-state index in [1.807, 2.05) is 11.0 Å². The van der Waals surface area contributed by atoms with Crippen LogP contribution in [0.5, 0.6) is 11.5 Å². The molecule has 0 atom stereocenters. The van der Waals surface area contributed by atoms with Crippen molar-refractivity contribution in [3.8, 4) is 22.6 Å². The molecule has 6 rings (SSSR count). The van der Waals surface area contributed by atoms with E-state index >= 15 is 4.39 Å². The van der Waals surface area contributed by atoms with Gasteiger partial charge < -0.3 is 38.9 Å². The van der Waals surface area contributed by atoms with E-state index in [4.69, 9.17) is 25.8 Å². The van der Waals surface area contributed by atoms with E-state index in [0.717, 1.165) is 37.9 Å². The Balaban J connectivity index is 1.28. The van der Waals surface area contributed by atoms with E-state index in [1.54, 1.807) is 37.4 Å². The summed E-state index contributed by atoms with van der Waals surface area (Å²) in [7, 11) is 3.66. The molecule has 232 valence electrons. The minimum Gasteiger partial charge on any atom is -0.495 e. The molecule has 12 heteroatoms. The van der Waals surface area contributed by atoms with Gasteiger partial charge in [-0.3, -0.25) is 4.79 Å². The SMILES string of the molecule is COc1cc(C(=O)N2COc3c(cccc3-c3cc(N4CCOCC4)c(C(=O)O)cc3F)C2)c(Cl)cc1N1CCN(C)CC1. The fraction of sp³-hybridized carbons (Fsp3) is 0.375. The molecule has 0 spiro atoms. The predicted octanol–water partition coefficient (Wildman–Crippen LogP) is 4.43. The Hall–Kier alpha value is -4.06. The van der Waals surface area contributed by atoms with Gasteiger partial charge in [-0.05, 0) is 31.3 Å². The number of carbonyl (C=O) groups is 2. The number of hydrogen-bond donors (Lipinski definition) is 1. The van der Waals surface area contributed by atoms with Gasteiger partial charge in [-0.15, -0.1) is 0 Å². The van der Waals surface area contributed by atoms with Crippen molar-refractivity contribution >= 4 is 34.9 Å². The Morgan fingerprint density at radius 3 is 2.36 bits per heavy atom. The number of nitrogens with zero attached hydrogens (tertiary/aromatic N) is 4. The molecular weight excluding hydrogens is 591 g/mol. The molecule has 0 saturated carbocycles. The zero-order chi connectivity index (χ0) is 31.0. The number of piperazine rings is 1. The van der Waals surface area contributed by atoms with Gasteiger partial charge in [0.2, 0.25) is 0 Å². The Morgan fingerprint density at radius 2 is 1.66 bits per heavy atom. The van der Waals surface area contributed by atoms with Crippen molar-refractivity contribution in [2.45, 2.75) is 6.54 Å². The zero-order valence-corrected chi connectivity index (χ0v) is 25.4. The van der Waals surface area contributed by atoms with E-state index < -0.39 is 11.8 Å². The molecule has 2 fully saturated rings. The number of halogens is 2. The number of carboxylic acids is 1. The number of benzene rings is 3. The Labute approximate surface area is 260 Å². The van der Waals surface area contributed by atoms with Crippen LogP contribution in [-0.4, -0.2) is 100 Å². The van der Waals surface area contributed by atoms with Crippen LogP contribution in [0.1, 0.15) is 26.3 Å². The minimum absolute atomic E-state index is 0.0765. The number of methoxy groups -OCH3 is 1.